The van der Waals surface area contributed by atoms with E-state index in [9.17, 15) is 37.1 Å². The number of nitro groups is 2. The first-order valence-corrected chi connectivity index (χ1v) is 9.96. The van der Waals surface area contributed by atoms with Crippen LogP contribution in [-0.4, -0.2) is 26.7 Å². The van der Waals surface area contributed by atoms with Crippen molar-refractivity contribution in [2.75, 3.05) is 0 Å². The second-order valence-electron chi connectivity index (χ2n) is 4.58. The Hall–Kier alpha value is -2.57. The third-order valence-electron chi connectivity index (χ3n) is 3.05. The Bertz CT molecular complexity index is 1080. The van der Waals surface area contributed by atoms with Crippen LogP contribution in [0.15, 0.2) is 57.2 Å². The van der Waals surface area contributed by atoms with Crippen molar-refractivity contribution < 1.29 is 26.7 Å². The largest absolute Gasteiger partial charge is 0.270 e. The average Bonchev–Trinajstić information content (AvgIpc) is 2.53. The highest BCUT2D eigenvalue weighted by atomic mass is 35.7. The van der Waals surface area contributed by atoms with Crippen molar-refractivity contribution in [1.82, 2.24) is 0 Å². The zero-order chi connectivity index (χ0) is 19.0. The van der Waals surface area contributed by atoms with Gasteiger partial charge in [-0.15, -0.1) is 0 Å². The van der Waals surface area contributed by atoms with Crippen LogP contribution in [0.25, 0.3) is 0 Å². The lowest BCUT2D eigenvalue weighted by Crippen LogP contribution is -2.08. The van der Waals surface area contributed by atoms with Crippen molar-refractivity contribution in [3.05, 3.63) is 62.7 Å². The van der Waals surface area contributed by atoms with Gasteiger partial charge in [-0.05, 0) is 18.2 Å². The van der Waals surface area contributed by atoms with Gasteiger partial charge < -0.3 is 0 Å². The highest BCUT2D eigenvalue weighted by molar-refractivity contribution is 8.14. The minimum Gasteiger partial charge on any atom is -0.258 e. The van der Waals surface area contributed by atoms with Crippen LogP contribution in [0.4, 0.5) is 11.4 Å². The van der Waals surface area contributed by atoms with Crippen molar-refractivity contribution in [2.45, 2.75) is 14.7 Å². The number of hydrogen-bond acceptors (Lipinski definition) is 8. The van der Waals surface area contributed by atoms with Crippen molar-refractivity contribution in [3.63, 3.8) is 0 Å². The van der Waals surface area contributed by atoms with E-state index in [1.807, 2.05) is 0 Å². The average molecular weight is 407 g/mol. The van der Waals surface area contributed by atoms with E-state index >= 15 is 0 Å². The molecular formula is C12H7ClN2O8S2. The number of hydrogen-bond donors (Lipinski definition) is 0. The number of halogens is 1. The molecule has 25 heavy (non-hydrogen) atoms. The number of rotatable bonds is 5. The molecule has 2 aromatic carbocycles. The van der Waals surface area contributed by atoms with Gasteiger partial charge in [0.15, 0.2) is 0 Å². The van der Waals surface area contributed by atoms with Gasteiger partial charge in [0.25, 0.3) is 20.4 Å². The fourth-order valence-electron chi connectivity index (χ4n) is 1.90. The van der Waals surface area contributed by atoms with E-state index < -0.39 is 49.1 Å². The van der Waals surface area contributed by atoms with Crippen LogP contribution in [0.1, 0.15) is 0 Å². The molecule has 0 heterocycles. The summed E-state index contributed by atoms with van der Waals surface area (Å²) in [6, 6.07) is 5.64. The van der Waals surface area contributed by atoms with Crippen LogP contribution < -0.4 is 0 Å². The summed E-state index contributed by atoms with van der Waals surface area (Å²) in [5.74, 6) is 0. The Labute approximate surface area is 145 Å². The maximum atomic E-state index is 12.6. The molecule has 2 aromatic rings. The predicted octanol–water partition coefficient (Wildman–Crippen LogP) is 2.26. The fourth-order valence-corrected chi connectivity index (χ4v) is 4.98. The smallest absolute Gasteiger partial charge is 0.258 e. The first kappa shape index (κ1) is 18.8. The van der Waals surface area contributed by atoms with Crippen molar-refractivity contribution in [2.24, 2.45) is 0 Å². The van der Waals surface area contributed by atoms with E-state index in [2.05, 4.69) is 0 Å². The van der Waals surface area contributed by atoms with Crippen LogP contribution in [0.3, 0.4) is 0 Å². The second kappa shape index (κ2) is 6.38. The monoisotopic (exact) mass is 406 g/mol. The summed E-state index contributed by atoms with van der Waals surface area (Å²) in [6.45, 7) is 0. The molecule has 0 aromatic heterocycles. The molecule has 0 saturated heterocycles. The van der Waals surface area contributed by atoms with Gasteiger partial charge in [0.2, 0.25) is 9.84 Å². The molecule has 0 aliphatic rings. The zero-order valence-electron chi connectivity index (χ0n) is 11.9. The van der Waals surface area contributed by atoms with Gasteiger partial charge in [-0.3, -0.25) is 20.2 Å². The minimum absolute atomic E-state index is 0.386. The highest BCUT2D eigenvalue weighted by Crippen LogP contribution is 2.32. The summed E-state index contributed by atoms with van der Waals surface area (Å²) in [5, 5.41) is 21.5. The Morgan fingerprint density at radius 3 is 1.68 bits per heavy atom. The molecule has 0 radical (unpaired) electrons. The first-order valence-electron chi connectivity index (χ1n) is 6.17. The number of non-ortho nitro benzene ring substituents is 2. The SMILES string of the molecule is O=[N+]([O-])c1ccc(S(=O)(=O)c2cc([N+](=O)[O-])ccc2S(=O)(=O)Cl)cc1. The molecule has 0 saturated carbocycles. The first-order chi connectivity index (χ1) is 11.4. The van der Waals surface area contributed by atoms with Gasteiger partial charge in [0, 0.05) is 34.9 Å². The van der Waals surface area contributed by atoms with E-state index in [0.717, 1.165) is 30.3 Å². The van der Waals surface area contributed by atoms with Crippen LogP contribution in [0.2, 0.25) is 0 Å². The van der Waals surface area contributed by atoms with Gasteiger partial charge in [-0.25, -0.2) is 16.8 Å². The van der Waals surface area contributed by atoms with Crippen LogP contribution in [0, 0.1) is 20.2 Å². The Morgan fingerprint density at radius 2 is 1.24 bits per heavy atom. The zero-order valence-corrected chi connectivity index (χ0v) is 14.3. The quantitative estimate of drug-likeness (QED) is 0.416. The van der Waals surface area contributed by atoms with Crippen molar-refractivity contribution >= 4 is 40.9 Å². The lowest BCUT2D eigenvalue weighted by atomic mass is 10.3. The highest BCUT2D eigenvalue weighted by Gasteiger charge is 2.29. The van der Waals surface area contributed by atoms with Gasteiger partial charge in [-0.1, -0.05) is 0 Å². The third-order valence-corrected chi connectivity index (χ3v) is 6.37. The maximum Gasteiger partial charge on any atom is 0.270 e. The number of nitro benzene ring substituents is 2. The van der Waals surface area contributed by atoms with E-state index in [4.69, 9.17) is 10.7 Å². The summed E-state index contributed by atoms with van der Waals surface area (Å²) in [6.07, 6.45) is 0. The standard InChI is InChI=1S/C12H7ClN2O8S2/c13-25(22,23)11-6-3-9(15(18)19)7-12(11)24(20,21)10-4-1-8(2-5-10)14(16)17/h1-7H. The molecule has 0 amide bonds. The van der Waals surface area contributed by atoms with Crippen molar-refractivity contribution in [1.29, 1.82) is 0 Å². The molecule has 0 unspecified atom stereocenters. The number of nitrogens with zero attached hydrogens (tertiary/aromatic N) is 2. The molecule has 0 N–H and O–H groups in total. The van der Waals surface area contributed by atoms with Crippen LogP contribution in [0.5, 0.6) is 0 Å². The summed E-state index contributed by atoms with van der Waals surface area (Å²) in [5.41, 5.74) is -1.05. The molecule has 0 fully saturated rings. The Balaban J connectivity index is 2.75. The summed E-state index contributed by atoms with van der Waals surface area (Å²) in [7, 11) is -3.86. The topological polar surface area (TPSA) is 155 Å². The number of benzene rings is 2. The lowest BCUT2D eigenvalue weighted by molar-refractivity contribution is -0.385. The van der Waals surface area contributed by atoms with Crippen LogP contribution >= 0.6 is 10.7 Å². The molecule has 2 rings (SSSR count). The molecule has 10 nitrogen and oxygen atoms in total. The van der Waals surface area contributed by atoms with E-state index in [0.29, 0.717) is 12.1 Å². The van der Waals surface area contributed by atoms with Crippen molar-refractivity contribution in [3.8, 4) is 0 Å². The second-order valence-corrected chi connectivity index (χ2v) is 9.03. The molecule has 0 atom stereocenters. The summed E-state index contributed by atoms with van der Waals surface area (Å²) >= 11 is 0. The maximum absolute atomic E-state index is 12.6. The number of sulfone groups is 1. The van der Waals surface area contributed by atoms with E-state index in [-0.39, 0.29) is 5.69 Å². The van der Waals surface area contributed by atoms with E-state index in [1.54, 1.807) is 0 Å². The molecule has 132 valence electrons. The molecule has 0 bridgehead atoms. The predicted molar refractivity (Wildman–Crippen MR) is 84.7 cm³/mol. The Morgan fingerprint density at radius 1 is 0.760 bits per heavy atom. The van der Waals surface area contributed by atoms with Gasteiger partial charge in [0.05, 0.1) is 19.6 Å². The molecule has 0 spiro atoms. The minimum atomic E-state index is -4.54. The van der Waals surface area contributed by atoms with Gasteiger partial charge in [-0.2, -0.15) is 0 Å². The molecule has 0 aliphatic heterocycles. The Kier molecular flexibility index (Phi) is 4.79. The molecule has 0 aliphatic carbocycles. The third kappa shape index (κ3) is 3.75. The normalized spacial score (nSPS) is 11.9. The van der Waals surface area contributed by atoms with Gasteiger partial charge in [0.1, 0.15) is 4.90 Å². The van der Waals surface area contributed by atoms with Crippen LogP contribution in [-0.2, 0) is 18.9 Å². The summed E-state index contributed by atoms with van der Waals surface area (Å²) in [4.78, 5) is 17.6. The summed E-state index contributed by atoms with van der Waals surface area (Å²) < 4.78 is 48.5. The fraction of sp³-hybridized carbons (Fsp3) is 0. The van der Waals surface area contributed by atoms with E-state index in [1.165, 1.54) is 0 Å². The van der Waals surface area contributed by atoms with Gasteiger partial charge >= 0.3 is 0 Å². The molecule has 13 heteroatoms. The lowest BCUT2D eigenvalue weighted by Gasteiger charge is -2.08. The molecular weight excluding hydrogens is 400 g/mol.